The van der Waals surface area contributed by atoms with E-state index in [2.05, 4.69) is 10.3 Å². The molecule has 2 aromatic rings. The van der Waals surface area contributed by atoms with Crippen molar-refractivity contribution in [2.45, 2.75) is 6.42 Å². The summed E-state index contributed by atoms with van der Waals surface area (Å²) in [5.74, 6) is 0.721. The molecule has 0 amide bonds. The lowest BCUT2D eigenvalue weighted by atomic mass is 10.3. The average Bonchev–Trinajstić information content (AvgIpc) is 2.89. The van der Waals surface area contributed by atoms with Crippen molar-refractivity contribution in [1.82, 2.24) is 4.98 Å². The molecule has 21 heavy (non-hydrogen) atoms. The molecule has 1 heterocycles. The maximum Gasteiger partial charge on any atom is 0.187 e. The summed E-state index contributed by atoms with van der Waals surface area (Å²) in [6.07, 6.45) is 5.82. The fourth-order valence-corrected chi connectivity index (χ4v) is 2.54. The van der Waals surface area contributed by atoms with Crippen molar-refractivity contribution < 1.29 is 4.74 Å². The van der Waals surface area contributed by atoms with Crippen LogP contribution in [0.3, 0.4) is 0 Å². The Morgan fingerprint density at radius 2 is 2.29 bits per heavy atom. The maximum atomic E-state index is 6.04. The number of ether oxygens (including phenoxy) is 1. The number of hydrogen-bond acceptors (Lipinski definition) is 6. The Labute approximate surface area is 132 Å². The number of halogens is 1. The number of nitrogens with one attached hydrogen (secondary N) is 1. The summed E-state index contributed by atoms with van der Waals surface area (Å²) in [4.78, 5) is 5.24. The molecular formula is C14H17ClN4OS. The van der Waals surface area contributed by atoms with E-state index in [9.17, 15) is 0 Å². The molecular weight excluding hydrogens is 308 g/mol. The van der Waals surface area contributed by atoms with Gasteiger partial charge in [-0.25, -0.2) is 4.98 Å². The minimum Gasteiger partial charge on any atom is -0.491 e. The highest BCUT2D eigenvalue weighted by atomic mass is 35.5. The third-order valence-electron chi connectivity index (χ3n) is 2.57. The largest absolute Gasteiger partial charge is 0.491 e. The minimum atomic E-state index is 0.561. The molecule has 0 aliphatic rings. The van der Waals surface area contributed by atoms with Gasteiger partial charge in [-0.15, -0.1) is 0 Å². The van der Waals surface area contributed by atoms with Crippen molar-refractivity contribution in [3.63, 3.8) is 0 Å². The van der Waals surface area contributed by atoms with E-state index in [4.69, 9.17) is 27.8 Å². The Morgan fingerprint density at radius 3 is 3.05 bits per heavy atom. The van der Waals surface area contributed by atoms with Gasteiger partial charge in [0.15, 0.2) is 5.13 Å². The molecule has 0 aliphatic heterocycles. The normalized spacial score (nSPS) is 11.0. The van der Waals surface area contributed by atoms with Crippen molar-refractivity contribution >= 4 is 39.8 Å². The van der Waals surface area contributed by atoms with Crippen LogP contribution in [-0.2, 0) is 0 Å². The van der Waals surface area contributed by atoms with Gasteiger partial charge in [0.2, 0.25) is 0 Å². The number of nitrogens with zero attached hydrogens (tertiary/aromatic N) is 1. The van der Waals surface area contributed by atoms with Gasteiger partial charge in [-0.1, -0.05) is 22.9 Å². The summed E-state index contributed by atoms with van der Waals surface area (Å²) < 4.78 is 5.70. The van der Waals surface area contributed by atoms with Gasteiger partial charge in [0.05, 0.1) is 17.2 Å². The SMILES string of the molecule is N/C=C/c1cnc(Nc2cc(Cl)ccc2OCCCN)s1. The van der Waals surface area contributed by atoms with E-state index in [0.717, 1.165) is 27.9 Å². The molecule has 1 aromatic carbocycles. The van der Waals surface area contributed by atoms with E-state index in [-0.39, 0.29) is 0 Å². The maximum absolute atomic E-state index is 6.04. The van der Waals surface area contributed by atoms with E-state index < -0.39 is 0 Å². The van der Waals surface area contributed by atoms with Gasteiger partial charge in [0.25, 0.3) is 0 Å². The smallest absolute Gasteiger partial charge is 0.187 e. The van der Waals surface area contributed by atoms with Gasteiger partial charge in [0.1, 0.15) is 5.75 Å². The third-order valence-corrected chi connectivity index (χ3v) is 3.69. The summed E-state index contributed by atoms with van der Waals surface area (Å²) >= 11 is 7.53. The van der Waals surface area contributed by atoms with Gasteiger partial charge in [0, 0.05) is 11.2 Å². The molecule has 2 rings (SSSR count). The molecule has 1 aromatic heterocycles. The first-order valence-corrected chi connectivity index (χ1v) is 7.66. The van der Waals surface area contributed by atoms with Crippen molar-refractivity contribution in [2.75, 3.05) is 18.5 Å². The van der Waals surface area contributed by atoms with E-state index >= 15 is 0 Å². The van der Waals surface area contributed by atoms with E-state index in [1.54, 1.807) is 24.4 Å². The highest BCUT2D eigenvalue weighted by Crippen LogP contribution is 2.32. The number of hydrogen-bond donors (Lipinski definition) is 3. The summed E-state index contributed by atoms with van der Waals surface area (Å²) in [5.41, 5.74) is 11.6. The second-order valence-corrected chi connectivity index (χ2v) is 5.68. The molecule has 0 aliphatic carbocycles. The molecule has 0 unspecified atom stereocenters. The first-order valence-electron chi connectivity index (χ1n) is 6.46. The summed E-state index contributed by atoms with van der Waals surface area (Å²) in [7, 11) is 0. The summed E-state index contributed by atoms with van der Waals surface area (Å²) in [6.45, 7) is 1.16. The summed E-state index contributed by atoms with van der Waals surface area (Å²) in [6, 6.07) is 5.42. The highest BCUT2D eigenvalue weighted by molar-refractivity contribution is 7.16. The van der Waals surface area contributed by atoms with Crippen molar-refractivity contribution in [3.8, 4) is 5.75 Å². The number of thiazole rings is 1. The monoisotopic (exact) mass is 324 g/mol. The number of rotatable bonds is 7. The molecule has 0 saturated heterocycles. The van der Waals surface area contributed by atoms with Crippen LogP contribution in [0, 0.1) is 0 Å². The van der Waals surface area contributed by atoms with Crippen LogP contribution in [0.25, 0.3) is 6.08 Å². The van der Waals surface area contributed by atoms with Gasteiger partial charge < -0.3 is 21.5 Å². The molecule has 0 radical (unpaired) electrons. The standard InChI is InChI=1S/C14H17ClN4OS/c15-10-2-3-13(20-7-1-5-16)12(8-10)19-14-18-9-11(21-14)4-6-17/h2-4,6,8-9H,1,5,7,16-17H2,(H,18,19)/b6-4+. The zero-order valence-corrected chi connectivity index (χ0v) is 13.0. The average molecular weight is 325 g/mol. The highest BCUT2D eigenvalue weighted by Gasteiger charge is 2.07. The van der Waals surface area contributed by atoms with Crippen LogP contribution in [0.2, 0.25) is 5.02 Å². The number of anilines is 2. The quantitative estimate of drug-likeness (QED) is 0.681. The molecule has 7 heteroatoms. The molecule has 0 bridgehead atoms. The Morgan fingerprint density at radius 1 is 1.43 bits per heavy atom. The zero-order chi connectivity index (χ0) is 15.1. The Kier molecular flexibility index (Phi) is 5.86. The fraction of sp³-hybridized carbons (Fsp3) is 0.214. The van der Waals surface area contributed by atoms with Gasteiger partial charge in [-0.3, -0.25) is 0 Å². The molecule has 0 atom stereocenters. The predicted molar refractivity (Wildman–Crippen MR) is 89.2 cm³/mol. The molecule has 0 spiro atoms. The number of nitrogens with two attached hydrogens (primary N) is 2. The predicted octanol–water partition coefficient (Wildman–Crippen LogP) is 3.20. The van der Waals surface area contributed by atoms with Crippen LogP contribution in [0.15, 0.2) is 30.6 Å². The third kappa shape index (κ3) is 4.63. The fourth-order valence-electron chi connectivity index (χ4n) is 1.62. The first-order chi connectivity index (χ1) is 10.2. The van der Waals surface area contributed by atoms with Crippen molar-refractivity contribution in [1.29, 1.82) is 0 Å². The van der Waals surface area contributed by atoms with Crippen molar-refractivity contribution in [3.05, 3.63) is 40.5 Å². The van der Waals surface area contributed by atoms with E-state index in [1.165, 1.54) is 17.5 Å². The van der Waals surface area contributed by atoms with Gasteiger partial charge in [-0.05, 0) is 43.4 Å². The van der Waals surface area contributed by atoms with Crippen LogP contribution < -0.4 is 21.5 Å². The second-order valence-electron chi connectivity index (χ2n) is 4.18. The topological polar surface area (TPSA) is 86.2 Å². The lowest BCUT2D eigenvalue weighted by Gasteiger charge is -2.12. The Balaban J connectivity index is 2.14. The van der Waals surface area contributed by atoms with Crippen LogP contribution in [0.4, 0.5) is 10.8 Å². The number of aromatic nitrogens is 1. The molecule has 0 saturated carbocycles. The van der Waals surface area contributed by atoms with E-state index in [0.29, 0.717) is 18.2 Å². The van der Waals surface area contributed by atoms with Crippen LogP contribution >= 0.6 is 22.9 Å². The number of benzene rings is 1. The Hall–Kier alpha value is -1.76. The lowest BCUT2D eigenvalue weighted by molar-refractivity contribution is 0.315. The van der Waals surface area contributed by atoms with Gasteiger partial charge in [-0.2, -0.15) is 0 Å². The first kappa shape index (κ1) is 15.6. The summed E-state index contributed by atoms with van der Waals surface area (Å²) in [5, 5.41) is 4.58. The molecule has 5 N–H and O–H groups in total. The molecule has 0 fully saturated rings. The van der Waals surface area contributed by atoms with Gasteiger partial charge >= 0.3 is 0 Å². The van der Waals surface area contributed by atoms with Crippen LogP contribution in [0.5, 0.6) is 5.75 Å². The zero-order valence-electron chi connectivity index (χ0n) is 11.4. The lowest BCUT2D eigenvalue weighted by Crippen LogP contribution is -2.07. The Bertz CT molecular complexity index is 615. The van der Waals surface area contributed by atoms with E-state index in [1.807, 2.05) is 6.07 Å². The molecule has 5 nitrogen and oxygen atoms in total. The second kappa shape index (κ2) is 7.87. The minimum absolute atomic E-state index is 0.561. The van der Waals surface area contributed by atoms with Crippen molar-refractivity contribution in [2.24, 2.45) is 11.5 Å². The molecule has 112 valence electrons. The van der Waals surface area contributed by atoms with Crippen LogP contribution in [-0.4, -0.2) is 18.1 Å². The van der Waals surface area contributed by atoms with Crippen LogP contribution in [0.1, 0.15) is 11.3 Å².